The van der Waals surface area contributed by atoms with Crippen LogP contribution in [0.2, 0.25) is 0 Å². The van der Waals surface area contributed by atoms with Gasteiger partial charge in [-0.05, 0) is 156 Å². The number of para-hydroxylation sites is 2. The average molecular weight is 1420 g/mol. The second-order valence-electron chi connectivity index (χ2n) is 31.7. The van der Waals surface area contributed by atoms with Crippen molar-refractivity contribution in [3.8, 4) is 58.9 Å². The highest BCUT2D eigenvalue weighted by molar-refractivity contribution is 5.77. The lowest BCUT2D eigenvalue weighted by molar-refractivity contribution is -0.160. The zero-order valence-electron chi connectivity index (χ0n) is 63.3. The van der Waals surface area contributed by atoms with E-state index in [1.807, 2.05) is 157 Å². The maximum Gasteiger partial charge on any atom is 0.329 e. The molecule has 6 aliphatic rings. The fourth-order valence-electron chi connectivity index (χ4n) is 14.0. The van der Waals surface area contributed by atoms with Crippen molar-refractivity contribution in [1.29, 1.82) is 0 Å². The van der Waals surface area contributed by atoms with Crippen molar-refractivity contribution in [3.63, 3.8) is 0 Å². The number of aliphatic hydroxyl groups excluding tert-OH is 3. The fraction of sp³-hybridized carbons (Fsp3) is 0.624. The second kappa shape index (κ2) is 38.8. The zero-order valence-corrected chi connectivity index (χ0v) is 63.3. The Morgan fingerprint density at radius 1 is 0.621 bits per heavy atom. The molecule has 6 N–H and O–H groups in total. The number of carboxylic acids is 3. The highest BCUT2D eigenvalue weighted by atomic mass is 16.6. The smallest absolute Gasteiger partial charge is 0.329 e. The molecule has 0 amide bonds. The van der Waals surface area contributed by atoms with E-state index in [0.717, 1.165) is 59.4 Å². The molecule has 2 aliphatic heterocycles. The van der Waals surface area contributed by atoms with Gasteiger partial charge in [-0.15, -0.1) is 35.5 Å². The topological polar surface area (TPSA) is 279 Å². The number of allylic oxidation sites excluding steroid dienone is 1. The maximum absolute atomic E-state index is 12.7. The summed E-state index contributed by atoms with van der Waals surface area (Å²) in [6.45, 7) is 28.0. The number of hydrogen-bond donors (Lipinski definition) is 6. The number of rotatable bonds is 25. The van der Waals surface area contributed by atoms with E-state index in [2.05, 4.69) is 47.4 Å². The van der Waals surface area contributed by atoms with Crippen LogP contribution in [0.25, 0.3) is 0 Å². The summed E-state index contributed by atoms with van der Waals surface area (Å²) in [4.78, 5) is 70.4. The van der Waals surface area contributed by atoms with Gasteiger partial charge >= 0.3 is 35.8 Å². The number of carboxylic acid groups (broad SMARTS) is 3. The van der Waals surface area contributed by atoms with E-state index in [1.165, 1.54) is 5.57 Å². The van der Waals surface area contributed by atoms with Crippen molar-refractivity contribution < 1.29 is 87.8 Å². The Morgan fingerprint density at radius 2 is 1.15 bits per heavy atom. The molecule has 18 heteroatoms. The van der Waals surface area contributed by atoms with Crippen LogP contribution < -0.4 is 9.47 Å². The molecular weight excluding hydrogens is 1310 g/mol. The van der Waals surface area contributed by atoms with E-state index in [0.29, 0.717) is 63.7 Å². The van der Waals surface area contributed by atoms with Crippen LogP contribution >= 0.6 is 0 Å². The van der Waals surface area contributed by atoms with E-state index in [4.69, 9.17) is 43.7 Å². The van der Waals surface area contributed by atoms with Gasteiger partial charge < -0.3 is 59.1 Å². The summed E-state index contributed by atoms with van der Waals surface area (Å²) in [6.07, 6.45) is 15.0. The quantitative estimate of drug-likeness (QED) is 0.0177. The first-order chi connectivity index (χ1) is 48.6. The number of aliphatic hydroxyl groups is 3. The van der Waals surface area contributed by atoms with Gasteiger partial charge in [0.05, 0.1) is 41.0 Å². The monoisotopic (exact) mass is 1420 g/mol. The first-order valence-corrected chi connectivity index (χ1v) is 36.9. The Hall–Kier alpha value is -7.84. The summed E-state index contributed by atoms with van der Waals surface area (Å²) in [5.74, 6) is 22.6. The number of benzene rings is 2. The van der Waals surface area contributed by atoms with Crippen LogP contribution in [0.15, 0.2) is 72.4 Å². The van der Waals surface area contributed by atoms with Gasteiger partial charge in [-0.3, -0.25) is 24.0 Å². The molecule has 0 radical (unpaired) electrons. The Kier molecular flexibility index (Phi) is 31.7. The largest absolute Gasteiger partial charge is 0.489 e. The van der Waals surface area contributed by atoms with Gasteiger partial charge in [0, 0.05) is 98.0 Å². The standard InChI is InChI=1S/2C29H38O6.C27H38O6/c1-6-7-10-18(2)23(35-28(33)29(3,4)5)16-15-20-22(30)17-24-26(20)21-13-8-11-19(27(21)34-24)12-9-14-25(31)32;1-6-7-10-18(2)22(30)16-15-20-23(35-28(33)29(3,4)5)17-24-26(20)21-13-8-11-19(27(21)34-24)12-9-14-25(31)32;1-6-7-8-9-18(2)23(28)11-10-21-22-15-19(12-13-32-17-25(29)30)14-20(22)16-24(21)33-26(31)27(3,4)5/h2*8,11,13,15-16,18,20,22-24,26,30H,9-10,12,14,17H2,1-5H3,(H,31,32);12,18,20-24,28H,6,9,13-17H2,1-5H3,(H,29,30)/b2*16-15+;19-12+/t2*18-,20-,22+,23+,24-,26-;18-,20-,21+,22-,23+,24+/m000/s1. The number of ether oxygens (including phenoxy) is 6. The minimum Gasteiger partial charge on any atom is -0.489 e. The summed E-state index contributed by atoms with van der Waals surface area (Å²) in [5, 5.41) is 58.7. The van der Waals surface area contributed by atoms with Crippen LogP contribution in [-0.2, 0) is 60.6 Å². The highest BCUT2D eigenvalue weighted by Gasteiger charge is 2.53. The van der Waals surface area contributed by atoms with E-state index < -0.39 is 58.6 Å². The summed E-state index contributed by atoms with van der Waals surface area (Å²) in [7, 11) is 0. The lowest BCUT2D eigenvalue weighted by atomic mass is 9.85. The molecule has 0 spiro atoms. The van der Waals surface area contributed by atoms with Crippen LogP contribution in [0.5, 0.6) is 11.5 Å². The Labute approximate surface area is 611 Å². The first-order valence-electron chi connectivity index (χ1n) is 36.9. The predicted molar refractivity (Wildman–Crippen MR) is 394 cm³/mol. The molecular formula is C85H114O18. The summed E-state index contributed by atoms with van der Waals surface area (Å²) >= 11 is 0. The van der Waals surface area contributed by atoms with E-state index >= 15 is 0 Å². The predicted octanol–water partition coefficient (Wildman–Crippen LogP) is 13.6. The van der Waals surface area contributed by atoms with Gasteiger partial charge in [0.2, 0.25) is 0 Å². The molecule has 2 aromatic rings. The molecule has 0 saturated heterocycles. The third kappa shape index (κ3) is 24.4. The van der Waals surface area contributed by atoms with E-state index in [-0.39, 0.29) is 122 Å². The molecule has 0 unspecified atom stereocenters. The van der Waals surface area contributed by atoms with Crippen molar-refractivity contribution in [1.82, 2.24) is 0 Å². The number of carbonyl (C=O) groups excluding carboxylic acids is 3. The number of carbonyl (C=O) groups is 6. The average Bonchev–Trinajstić information content (AvgIpc) is 2.11. The van der Waals surface area contributed by atoms with E-state index in [1.54, 1.807) is 13.8 Å². The Bertz CT molecular complexity index is 3600. The molecule has 103 heavy (non-hydrogen) atoms. The number of fused-ring (bicyclic) bond motifs is 7. The van der Waals surface area contributed by atoms with Gasteiger partial charge in [0.15, 0.2) is 0 Å². The summed E-state index contributed by atoms with van der Waals surface area (Å²) in [6, 6.07) is 12.0. The molecule has 18 atom stereocenters. The van der Waals surface area contributed by atoms with Crippen molar-refractivity contribution in [2.45, 2.75) is 261 Å². The molecule has 562 valence electrons. The van der Waals surface area contributed by atoms with Crippen LogP contribution in [0, 0.1) is 111 Å². The van der Waals surface area contributed by atoms with Crippen molar-refractivity contribution in [2.75, 3.05) is 13.2 Å². The van der Waals surface area contributed by atoms with Gasteiger partial charge in [-0.1, -0.05) is 106 Å². The minimum absolute atomic E-state index is 0.000353. The van der Waals surface area contributed by atoms with Crippen molar-refractivity contribution >= 4 is 35.8 Å². The number of aryl methyl sites for hydroxylation is 2. The third-order valence-corrected chi connectivity index (χ3v) is 20.0. The van der Waals surface area contributed by atoms with Crippen LogP contribution in [0.3, 0.4) is 0 Å². The number of aliphatic carboxylic acids is 3. The number of hydrogen-bond acceptors (Lipinski definition) is 15. The maximum atomic E-state index is 12.7. The molecule has 18 nitrogen and oxygen atoms in total. The second-order valence-corrected chi connectivity index (χ2v) is 31.7. The highest BCUT2D eigenvalue weighted by Crippen LogP contribution is 2.55. The molecule has 2 aromatic carbocycles. The normalized spacial score (nSPS) is 25.4. The summed E-state index contributed by atoms with van der Waals surface area (Å²) < 4.78 is 35.6. The molecule has 4 aliphatic carbocycles. The minimum atomic E-state index is -0.982. The van der Waals surface area contributed by atoms with Crippen molar-refractivity contribution in [2.24, 2.45) is 63.6 Å². The lowest BCUT2D eigenvalue weighted by Gasteiger charge is -2.26. The van der Waals surface area contributed by atoms with Crippen molar-refractivity contribution in [3.05, 3.63) is 94.6 Å². The van der Waals surface area contributed by atoms with Gasteiger partial charge in [0.25, 0.3) is 0 Å². The van der Waals surface area contributed by atoms with Crippen LogP contribution in [0.1, 0.15) is 221 Å². The van der Waals surface area contributed by atoms with Crippen LogP contribution in [-0.4, -0.2) is 129 Å². The van der Waals surface area contributed by atoms with Gasteiger partial charge in [-0.25, -0.2) is 4.79 Å². The van der Waals surface area contributed by atoms with Gasteiger partial charge in [0.1, 0.15) is 54.7 Å². The molecule has 0 aromatic heterocycles. The van der Waals surface area contributed by atoms with Crippen LogP contribution in [0.4, 0.5) is 0 Å². The lowest BCUT2D eigenvalue weighted by Crippen LogP contribution is -2.31. The number of esters is 3. The Morgan fingerprint density at radius 3 is 1.68 bits per heavy atom. The molecule has 0 bridgehead atoms. The molecule has 4 fully saturated rings. The molecule has 4 saturated carbocycles. The SMILES string of the molecule is CC#CC[C@H](C)[C@@H](/C=C/[C@@H]1[C@H]2c3cccc(CCCC(=O)O)c3O[C@H]2C[C@H]1O)OC(=O)C(C)(C)C.CC#CC[C@H](C)[C@H](O)/C=C/[C@@H]1[C@H]2c3cccc(CCCC(=O)O)c3O[C@H]2C[C@H]1OC(=O)C(C)(C)C.CCC#CC[C@H](C)[C@H](O)C#C[C@@H]1[C@H]2C/C(=C/COCC(=O)O)C[C@H]2C[C@H]1OC(=O)C(C)(C)C. The zero-order chi connectivity index (χ0) is 76.1. The van der Waals surface area contributed by atoms with Gasteiger partial charge in [-0.2, -0.15) is 0 Å². The fourth-order valence-corrected chi connectivity index (χ4v) is 14.0. The first kappa shape index (κ1) is 84.1. The Balaban J connectivity index is 0.000000243. The molecule has 2 heterocycles. The third-order valence-electron chi connectivity index (χ3n) is 20.0. The molecule has 8 rings (SSSR count). The summed E-state index contributed by atoms with van der Waals surface area (Å²) in [5.41, 5.74) is 3.55. The van der Waals surface area contributed by atoms with E-state index in [9.17, 15) is 44.1 Å².